The van der Waals surface area contributed by atoms with Crippen molar-refractivity contribution in [2.75, 3.05) is 6.61 Å². The number of hydrogen-bond donors (Lipinski definition) is 0. The SMILES string of the molecule is CCCOC(=O)Cc1ccc2c(c1)CC(=O)c1ccccc1S2. The van der Waals surface area contributed by atoms with Gasteiger partial charge in [0.15, 0.2) is 5.78 Å². The summed E-state index contributed by atoms with van der Waals surface area (Å²) in [6.07, 6.45) is 1.44. The zero-order valence-electron chi connectivity index (χ0n) is 13.0. The maximum Gasteiger partial charge on any atom is 0.310 e. The van der Waals surface area contributed by atoms with E-state index in [-0.39, 0.29) is 18.2 Å². The summed E-state index contributed by atoms with van der Waals surface area (Å²) in [5.41, 5.74) is 2.65. The molecular formula is C19H18O3S. The Morgan fingerprint density at radius 2 is 2.00 bits per heavy atom. The van der Waals surface area contributed by atoms with Crippen LogP contribution in [-0.4, -0.2) is 18.4 Å². The van der Waals surface area contributed by atoms with Crippen LogP contribution in [0.4, 0.5) is 0 Å². The minimum atomic E-state index is -0.220. The van der Waals surface area contributed by atoms with Crippen LogP contribution in [-0.2, 0) is 22.4 Å². The number of carbonyl (C=O) groups is 2. The molecule has 0 spiro atoms. The first kappa shape index (κ1) is 15.8. The van der Waals surface area contributed by atoms with E-state index in [2.05, 4.69) is 0 Å². The molecule has 0 N–H and O–H groups in total. The molecule has 2 aromatic carbocycles. The Bertz CT molecular complexity index is 752. The molecule has 23 heavy (non-hydrogen) atoms. The highest BCUT2D eigenvalue weighted by Crippen LogP contribution is 2.37. The van der Waals surface area contributed by atoms with Crippen molar-refractivity contribution in [2.24, 2.45) is 0 Å². The molecule has 0 aromatic heterocycles. The van der Waals surface area contributed by atoms with E-state index in [9.17, 15) is 9.59 Å². The third-order valence-corrected chi connectivity index (χ3v) is 4.89. The fourth-order valence-corrected chi connectivity index (χ4v) is 3.66. The molecule has 4 heteroatoms. The van der Waals surface area contributed by atoms with Crippen molar-refractivity contribution in [1.82, 2.24) is 0 Å². The van der Waals surface area contributed by atoms with E-state index in [0.29, 0.717) is 13.0 Å². The predicted molar refractivity (Wildman–Crippen MR) is 90.0 cm³/mol. The lowest BCUT2D eigenvalue weighted by molar-refractivity contribution is -0.142. The zero-order chi connectivity index (χ0) is 16.2. The molecule has 1 heterocycles. The van der Waals surface area contributed by atoms with E-state index in [1.165, 1.54) is 0 Å². The molecule has 1 aliphatic heterocycles. The van der Waals surface area contributed by atoms with Crippen molar-refractivity contribution in [1.29, 1.82) is 0 Å². The summed E-state index contributed by atoms with van der Waals surface area (Å²) in [6, 6.07) is 13.6. The van der Waals surface area contributed by atoms with Crippen LogP contribution in [0.3, 0.4) is 0 Å². The molecule has 3 rings (SSSR count). The fraction of sp³-hybridized carbons (Fsp3) is 0.263. The average molecular weight is 326 g/mol. The number of benzene rings is 2. The molecule has 0 radical (unpaired) electrons. The van der Waals surface area contributed by atoms with Crippen molar-refractivity contribution in [3.8, 4) is 0 Å². The molecule has 0 amide bonds. The summed E-state index contributed by atoms with van der Waals surface area (Å²) < 4.78 is 5.12. The lowest BCUT2D eigenvalue weighted by atomic mass is 10.0. The normalized spacial score (nSPS) is 13.0. The van der Waals surface area contributed by atoms with Gasteiger partial charge in [0, 0.05) is 21.8 Å². The van der Waals surface area contributed by atoms with Gasteiger partial charge in [-0.05, 0) is 29.7 Å². The van der Waals surface area contributed by atoms with Crippen LogP contribution >= 0.6 is 11.8 Å². The van der Waals surface area contributed by atoms with Gasteiger partial charge in [-0.2, -0.15) is 0 Å². The maximum absolute atomic E-state index is 12.4. The van der Waals surface area contributed by atoms with Gasteiger partial charge in [-0.3, -0.25) is 9.59 Å². The summed E-state index contributed by atoms with van der Waals surface area (Å²) in [5, 5.41) is 0. The molecule has 3 nitrogen and oxygen atoms in total. The minimum Gasteiger partial charge on any atom is -0.465 e. The van der Waals surface area contributed by atoms with Gasteiger partial charge in [-0.25, -0.2) is 0 Å². The van der Waals surface area contributed by atoms with E-state index >= 15 is 0 Å². The number of Topliss-reactive ketones (excluding diaryl/α,β-unsaturated/α-hetero) is 1. The number of ether oxygens (including phenoxy) is 1. The van der Waals surface area contributed by atoms with E-state index in [1.54, 1.807) is 11.8 Å². The topological polar surface area (TPSA) is 43.4 Å². The van der Waals surface area contributed by atoms with Crippen molar-refractivity contribution in [3.05, 3.63) is 59.2 Å². The van der Waals surface area contributed by atoms with E-state index < -0.39 is 0 Å². The van der Waals surface area contributed by atoms with Crippen LogP contribution in [0.15, 0.2) is 52.3 Å². The lowest BCUT2D eigenvalue weighted by Gasteiger charge is -2.08. The lowest BCUT2D eigenvalue weighted by Crippen LogP contribution is -2.09. The number of fused-ring (bicyclic) bond motifs is 2. The quantitative estimate of drug-likeness (QED) is 0.794. The van der Waals surface area contributed by atoms with Crippen molar-refractivity contribution < 1.29 is 14.3 Å². The van der Waals surface area contributed by atoms with Crippen LogP contribution in [0.25, 0.3) is 0 Å². The van der Waals surface area contributed by atoms with Gasteiger partial charge in [0.05, 0.1) is 13.0 Å². The Labute approximate surface area is 140 Å². The van der Waals surface area contributed by atoms with Gasteiger partial charge < -0.3 is 4.74 Å². The molecule has 0 saturated carbocycles. The van der Waals surface area contributed by atoms with Gasteiger partial charge in [-0.15, -0.1) is 0 Å². The van der Waals surface area contributed by atoms with Gasteiger partial charge in [0.1, 0.15) is 0 Å². The van der Waals surface area contributed by atoms with Crippen LogP contribution in [0.2, 0.25) is 0 Å². The predicted octanol–water partition coefficient (Wildman–Crippen LogP) is 4.07. The standard InChI is InChI=1S/C19H18O3S/c1-2-9-22-19(21)11-13-7-8-17-14(10-13)12-16(20)15-5-3-4-6-18(15)23-17/h3-8,10H,2,9,11-12H2,1H3. The van der Waals surface area contributed by atoms with Gasteiger partial charge >= 0.3 is 5.97 Å². The Balaban J connectivity index is 1.83. The van der Waals surface area contributed by atoms with Gasteiger partial charge in [0.2, 0.25) is 0 Å². The molecule has 0 atom stereocenters. The highest BCUT2D eigenvalue weighted by molar-refractivity contribution is 7.99. The second-order valence-corrected chi connectivity index (χ2v) is 6.62. The summed E-state index contributed by atoms with van der Waals surface area (Å²) in [5.74, 6) is -0.0970. The molecule has 0 unspecified atom stereocenters. The van der Waals surface area contributed by atoms with Crippen LogP contribution < -0.4 is 0 Å². The Morgan fingerprint density at radius 3 is 2.83 bits per heavy atom. The molecular weight excluding hydrogens is 308 g/mol. The third kappa shape index (κ3) is 3.64. The summed E-state index contributed by atoms with van der Waals surface area (Å²) in [7, 11) is 0. The van der Waals surface area contributed by atoms with Gasteiger partial charge in [0.25, 0.3) is 0 Å². The number of esters is 1. The second kappa shape index (κ2) is 7.01. The monoisotopic (exact) mass is 326 g/mol. The number of carbonyl (C=O) groups excluding carboxylic acids is 2. The first-order chi connectivity index (χ1) is 11.2. The average Bonchev–Trinajstić information content (AvgIpc) is 2.69. The molecule has 0 fully saturated rings. The number of hydrogen-bond acceptors (Lipinski definition) is 4. The zero-order valence-corrected chi connectivity index (χ0v) is 13.8. The van der Waals surface area contributed by atoms with Crippen LogP contribution in [0, 0.1) is 0 Å². The first-order valence-electron chi connectivity index (χ1n) is 7.75. The van der Waals surface area contributed by atoms with Crippen molar-refractivity contribution in [2.45, 2.75) is 36.0 Å². The summed E-state index contributed by atoms with van der Waals surface area (Å²) >= 11 is 1.61. The number of rotatable bonds is 4. The minimum absolute atomic E-state index is 0.123. The van der Waals surface area contributed by atoms with Crippen LogP contribution in [0.1, 0.15) is 34.8 Å². The second-order valence-electron chi connectivity index (χ2n) is 5.54. The van der Waals surface area contributed by atoms with E-state index in [4.69, 9.17) is 4.74 Å². The Hall–Kier alpha value is -2.07. The largest absolute Gasteiger partial charge is 0.465 e. The van der Waals surface area contributed by atoms with Gasteiger partial charge in [-0.1, -0.05) is 49.0 Å². The molecule has 0 aliphatic carbocycles. The maximum atomic E-state index is 12.4. The molecule has 2 aromatic rings. The van der Waals surface area contributed by atoms with Crippen LogP contribution in [0.5, 0.6) is 0 Å². The summed E-state index contributed by atoms with van der Waals surface area (Å²) in [6.45, 7) is 2.42. The smallest absolute Gasteiger partial charge is 0.310 e. The highest BCUT2D eigenvalue weighted by Gasteiger charge is 2.20. The van der Waals surface area contributed by atoms with E-state index in [0.717, 1.165) is 32.9 Å². The Kier molecular flexibility index (Phi) is 4.82. The molecule has 1 aliphatic rings. The highest BCUT2D eigenvalue weighted by atomic mass is 32.2. The fourth-order valence-electron chi connectivity index (χ4n) is 2.59. The molecule has 118 valence electrons. The Morgan fingerprint density at radius 1 is 1.17 bits per heavy atom. The van der Waals surface area contributed by atoms with Crippen molar-refractivity contribution >= 4 is 23.5 Å². The third-order valence-electron chi connectivity index (χ3n) is 3.70. The van der Waals surface area contributed by atoms with E-state index in [1.807, 2.05) is 49.4 Å². The molecule has 0 saturated heterocycles. The first-order valence-corrected chi connectivity index (χ1v) is 8.56. The number of ketones is 1. The van der Waals surface area contributed by atoms with Crippen molar-refractivity contribution in [3.63, 3.8) is 0 Å². The molecule has 0 bridgehead atoms. The summed E-state index contributed by atoms with van der Waals surface area (Å²) in [4.78, 5) is 26.3.